The Labute approximate surface area is 312 Å². The van der Waals surface area contributed by atoms with Gasteiger partial charge >= 0.3 is 6.09 Å². The van der Waals surface area contributed by atoms with E-state index in [1.54, 1.807) is 41.6 Å². The molecule has 0 saturated carbocycles. The second-order valence-electron chi connectivity index (χ2n) is 14.4. The average Bonchev–Trinajstić information content (AvgIpc) is 4.05. The van der Waals surface area contributed by atoms with Crippen molar-refractivity contribution in [2.45, 2.75) is 62.4 Å². The van der Waals surface area contributed by atoms with E-state index in [0.717, 1.165) is 70.0 Å². The maximum Gasteiger partial charge on any atom is 0.407 e. The molecule has 0 aliphatic carbocycles. The van der Waals surface area contributed by atoms with Crippen LogP contribution in [0, 0.1) is 0 Å². The van der Waals surface area contributed by atoms with Crippen LogP contribution in [0.5, 0.6) is 0 Å². The van der Waals surface area contributed by atoms with Crippen LogP contribution in [0.25, 0.3) is 33.6 Å². The summed E-state index contributed by atoms with van der Waals surface area (Å²) in [7, 11) is 1.43. The number of rotatable bonds is 9. The second kappa shape index (κ2) is 14.9. The van der Waals surface area contributed by atoms with Crippen molar-refractivity contribution in [3.8, 4) is 33.6 Å². The number of carboxylic acid groups (broad SMARTS) is 1. The van der Waals surface area contributed by atoms with Crippen molar-refractivity contribution in [1.82, 2.24) is 40.0 Å². The molecule has 2 aromatic heterocycles. The Kier molecular flexibility index (Phi) is 9.72. The van der Waals surface area contributed by atoms with Gasteiger partial charge in [0.2, 0.25) is 5.91 Å². The van der Waals surface area contributed by atoms with Crippen LogP contribution in [0.1, 0.15) is 67.4 Å². The highest BCUT2D eigenvalue weighted by molar-refractivity contribution is 5.87. The van der Waals surface area contributed by atoms with E-state index in [2.05, 4.69) is 49.5 Å². The number of nitrogens with zero attached hydrogens (tertiary/aromatic N) is 5. The van der Waals surface area contributed by atoms with E-state index in [4.69, 9.17) is 0 Å². The Morgan fingerprint density at radius 3 is 1.81 bits per heavy atom. The lowest BCUT2D eigenvalue weighted by Crippen LogP contribution is -2.43. The first-order chi connectivity index (χ1) is 26.2. The van der Waals surface area contributed by atoms with Gasteiger partial charge in [0.1, 0.15) is 23.9 Å². The standard InChI is InChI=1S/C41H43FN8O4/c1-48(41(53)54)36(29-7-3-2-4-8-29)40(52)50-20-6-10-35(50)38-45-24-33(47-38)28-17-13-26(14-18-28)25-11-15-27(16-12-25)32-23-44-37(46-32)34-9-5-19-49(34)39(51)31-21-30(42)22-43-31/h2-4,7-8,11-18,23-24,30-31,34-36,43H,5-6,9-10,19-22H2,1H3,(H,44,46)(H,45,47)(H,53,54)/t30-,31+,34+,35+,36-/m1/s1. The lowest BCUT2D eigenvalue weighted by atomic mass is 10.0. The monoisotopic (exact) mass is 730 g/mol. The lowest BCUT2D eigenvalue weighted by Gasteiger charge is -2.32. The van der Waals surface area contributed by atoms with Crippen LogP contribution in [0.15, 0.2) is 91.3 Å². The molecule has 54 heavy (non-hydrogen) atoms. The molecule has 0 radical (unpaired) electrons. The van der Waals surface area contributed by atoms with Gasteiger partial charge in [0.05, 0.1) is 41.9 Å². The number of carbonyl (C=O) groups excluding carboxylic acids is 2. The zero-order valence-corrected chi connectivity index (χ0v) is 30.0. The Balaban J connectivity index is 0.931. The number of likely N-dealkylation sites (tertiary alicyclic amines) is 2. The fraction of sp³-hybridized carbons (Fsp3) is 0.341. The van der Waals surface area contributed by atoms with E-state index in [1.165, 1.54) is 7.05 Å². The highest BCUT2D eigenvalue weighted by Gasteiger charge is 2.40. The Bertz CT molecular complexity index is 2120. The molecule has 8 rings (SSSR count). The van der Waals surface area contributed by atoms with E-state index in [-0.39, 0.29) is 36.9 Å². The fourth-order valence-corrected chi connectivity index (χ4v) is 8.13. The third-order valence-electron chi connectivity index (χ3n) is 11.0. The molecule has 3 fully saturated rings. The molecular weight excluding hydrogens is 688 g/mol. The van der Waals surface area contributed by atoms with E-state index < -0.39 is 24.3 Å². The van der Waals surface area contributed by atoms with E-state index in [1.807, 2.05) is 35.2 Å². The summed E-state index contributed by atoms with van der Waals surface area (Å²) < 4.78 is 13.8. The fourth-order valence-electron chi connectivity index (χ4n) is 8.13. The van der Waals surface area contributed by atoms with Crippen molar-refractivity contribution in [3.63, 3.8) is 0 Å². The van der Waals surface area contributed by atoms with Gasteiger partial charge in [-0.25, -0.2) is 19.2 Å². The van der Waals surface area contributed by atoms with Gasteiger partial charge in [-0.2, -0.15) is 0 Å². The van der Waals surface area contributed by atoms with Crippen LogP contribution in [0.2, 0.25) is 0 Å². The molecule has 0 spiro atoms. The number of amides is 3. The number of H-pyrrole nitrogens is 2. The van der Waals surface area contributed by atoms with E-state index in [0.29, 0.717) is 24.5 Å². The van der Waals surface area contributed by atoms with Crippen LogP contribution >= 0.6 is 0 Å². The van der Waals surface area contributed by atoms with Gasteiger partial charge in [0, 0.05) is 33.1 Å². The molecule has 0 unspecified atom stereocenters. The predicted octanol–water partition coefficient (Wildman–Crippen LogP) is 6.51. The van der Waals surface area contributed by atoms with Gasteiger partial charge < -0.3 is 30.2 Å². The van der Waals surface area contributed by atoms with E-state index in [9.17, 15) is 23.9 Å². The van der Waals surface area contributed by atoms with Gasteiger partial charge in [-0.1, -0.05) is 78.9 Å². The van der Waals surface area contributed by atoms with Crippen LogP contribution in [0.4, 0.5) is 9.18 Å². The molecule has 278 valence electrons. The van der Waals surface area contributed by atoms with Gasteiger partial charge in [0.25, 0.3) is 5.91 Å². The molecule has 13 heteroatoms. The molecule has 3 aliphatic heterocycles. The maximum atomic E-state index is 13.9. The summed E-state index contributed by atoms with van der Waals surface area (Å²) in [6.45, 7) is 1.39. The molecule has 4 N–H and O–H groups in total. The number of hydrogen-bond donors (Lipinski definition) is 4. The zero-order valence-electron chi connectivity index (χ0n) is 30.0. The van der Waals surface area contributed by atoms with Crippen molar-refractivity contribution < 1.29 is 23.9 Å². The number of halogens is 1. The molecule has 3 aliphatic rings. The van der Waals surface area contributed by atoms with Gasteiger partial charge in [-0.05, 0) is 53.5 Å². The second-order valence-corrected chi connectivity index (χ2v) is 14.4. The van der Waals surface area contributed by atoms with Gasteiger partial charge in [0.15, 0.2) is 0 Å². The summed E-state index contributed by atoms with van der Waals surface area (Å²) in [6.07, 6.45) is 4.89. The molecule has 0 bridgehead atoms. The summed E-state index contributed by atoms with van der Waals surface area (Å²) >= 11 is 0. The van der Waals surface area contributed by atoms with Crippen LogP contribution in [-0.4, -0.2) is 96.5 Å². The maximum absolute atomic E-state index is 13.9. The number of imidazole rings is 2. The first kappa shape index (κ1) is 35.2. The Hall–Kier alpha value is -5.82. The minimum atomic E-state index is -1.17. The van der Waals surface area contributed by atoms with Gasteiger partial charge in [-0.15, -0.1) is 0 Å². The summed E-state index contributed by atoms with van der Waals surface area (Å²) in [5, 5.41) is 12.8. The Morgan fingerprint density at radius 1 is 0.778 bits per heavy atom. The third-order valence-corrected chi connectivity index (χ3v) is 11.0. The quantitative estimate of drug-likeness (QED) is 0.135. The molecular formula is C41H43FN8O4. The number of nitrogens with one attached hydrogen (secondary N) is 3. The van der Waals surface area contributed by atoms with Crippen molar-refractivity contribution in [3.05, 3.63) is 108 Å². The number of likely N-dealkylation sites (N-methyl/N-ethyl adjacent to an activating group) is 1. The number of benzene rings is 3. The number of hydrogen-bond acceptors (Lipinski definition) is 6. The normalized spacial score (nSPS) is 21.7. The number of aromatic amines is 2. The summed E-state index contributed by atoms with van der Waals surface area (Å²) in [6, 6.07) is 23.6. The zero-order chi connectivity index (χ0) is 37.3. The summed E-state index contributed by atoms with van der Waals surface area (Å²) in [4.78, 5) is 59.9. The van der Waals surface area contributed by atoms with E-state index >= 15 is 0 Å². The third kappa shape index (κ3) is 6.86. The molecule has 3 saturated heterocycles. The molecule has 5 atom stereocenters. The van der Waals surface area contributed by atoms with Crippen molar-refractivity contribution >= 4 is 17.9 Å². The summed E-state index contributed by atoms with van der Waals surface area (Å²) in [5.41, 5.74) is 6.37. The molecule has 12 nitrogen and oxygen atoms in total. The number of alkyl halides is 1. The Morgan fingerprint density at radius 2 is 1.30 bits per heavy atom. The van der Waals surface area contributed by atoms with Crippen LogP contribution in [0.3, 0.4) is 0 Å². The predicted molar refractivity (Wildman–Crippen MR) is 201 cm³/mol. The number of carbonyl (C=O) groups is 3. The highest BCUT2D eigenvalue weighted by Crippen LogP contribution is 2.36. The SMILES string of the molecule is CN(C(=O)O)[C@@H](C(=O)N1CCC[C@H]1c1ncc(-c2ccc(-c3ccc(-c4cnc([C@@H]5CCCN5C(=O)[C@@H]5C[C@@H](F)CN5)[nH]4)cc3)cc2)[nH]1)c1ccccc1. The van der Waals surface area contributed by atoms with Crippen molar-refractivity contribution in [1.29, 1.82) is 0 Å². The van der Waals surface area contributed by atoms with Crippen LogP contribution < -0.4 is 5.32 Å². The molecule has 5 heterocycles. The first-order valence-electron chi connectivity index (χ1n) is 18.6. The molecule has 3 amide bonds. The average molecular weight is 731 g/mol. The topological polar surface area (TPSA) is 151 Å². The lowest BCUT2D eigenvalue weighted by molar-refractivity contribution is -0.137. The highest BCUT2D eigenvalue weighted by atomic mass is 19.1. The summed E-state index contributed by atoms with van der Waals surface area (Å²) in [5.74, 6) is 1.11. The molecule has 5 aromatic rings. The van der Waals surface area contributed by atoms with Gasteiger partial charge in [-0.3, -0.25) is 14.5 Å². The van der Waals surface area contributed by atoms with Crippen LogP contribution in [-0.2, 0) is 9.59 Å². The minimum absolute atomic E-state index is 0.0497. The smallest absolute Gasteiger partial charge is 0.407 e. The number of aromatic nitrogens is 4. The molecule has 3 aromatic carbocycles. The minimum Gasteiger partial charge on any atom is -0.465 e. The van der Waals surface area contributed by atoms with Crippen molar-refractivity contribution in [2.75, 3.05) is 26.7 Å². The first-order valence-corrected chi connectivity index (χ1v) is 18.6. The van der Waals surface area contributed by atoms with Crippen molar-refractivity contribution in [2.24, 2.45) is 0 Å². The largest absolute Gasteiger partial charge is 0.465 e.